The molecule has 116 valence electrons. The van der Waals surface area contributed by atoms with Crippen molar-refractivity contribution in [2.24, 2.45) is 0 Å². The van der Waals surface area contributed by atoms with Gasteiger partial charge in [0.2, 0.25) is 0 Å². The molecule has 1 atom stereocenters. The molecule has 0 fully saturated rings. The van der Waals surface area contributed by atoms with Crippen LogP contribution < -0.4 is 10.6 Å². The van der Waals surface area contributed by atoms with Gasteiger partial charge in [0.15, 0.2) is 0 Å². The van der Waals surface area contributed by atoms with Gasteiger partial charge in [-0.1, -0.05) is 37.8 Å². The van der Waals surface area contributed by atoms with Gasteiger partial charge in [0, 0.05) is 11.1 Å². The maximum absolute atomic E-state index is 11.9. The quantitative estimate of drug-likeness (QED) is 0.662. The lowest BCUT2D eigenvalue weighted by Gasteiger charge is -2.15. The number of carbonyl (C=O) groups is 2. The van der Waals surface area contributed by atoms with Crippen LogP contribution in [-0.2, 0) is 0 Å². The second-order valence-electron chi connectivity index (χ2n) is 4.99. The SMILES string of the molecule is CCCCCC(C)NC(=O)Nc1ccc(Cl)cc1C(=O)O. The van der Waals surface area contributed by atoms with Gasteiger partial charge in [0.25, 0.3) is 0 Å². The van der Waals surface area contributed by atoms with E-state index in [1.54, 1.807) is 0 Å². The zero-order valence-electron chi connectivity index (χ0n) is 12.3. The summed E-state index contributed by atoms with van der Waals surface area (Å²) < 4.78 is 0. The zero-order valence-corrected chi connectivity index (χ0v) is 13.0. The summed E-state index contributed by atoms with van der Waals surface area (Å²) in [6.45, 7) is 4.05. The number of rotatable bonds is 7. The zero-order chi connectivity index (χ0) is 15.8. The van der Waals surface area contributed by atoms with E-state index in [0.29, 0.717) is 5.02 Å². The molecule has 2 amide bonds. The van der Waals surface area contributed by atoms with Gasteiger partial charge in [0.1, 0.15) is 0 Å². The second-order valence-corrected chi connectivity index (χ2v) is 5.43. The summed E-state index contributed by atoms with van der Waals surface area (Å²) in [6.07, 6.45) is 4.21. The highest BCUT2D eigenvalue weighted by molar-refractivity contribution is 6.31. The number of carbonyl (C=O) groups excluding carboxylic acids is 1. The molecule has 0 saturated carbocycles. The van der Waals surface area contributed by atoms with Crippen molar-refractivity contribution in [1.29, 1.82) is 0 Å². The number of carboxylic acid groups (broad SMARTS) is 1. The highest BCUT2D eigenvalue weighted by Gasteiger charge is 2.14. The molecule has 21 heavy (non-hydrogen) atoms. The molecule has 0 aliphatic rings. The summed E-state index contributed by atoms with van der Waals surface area (Å²) in [4.78, 5) is 23.0. The molecular formula is C15H21ClN2O3. The van der Waals surface area contributed by atoms with Crippen LogP contribution in [0.1, 0.15) is 49.9 Å². The Balaban J connectivity index is 2.60. The second kappa shape index (κ2) is 8.52. The number of benzene rings is 1. The van der Waals surface area contributed by atoms with Crippen molar-refractivity contribution in [1.82, 2.24) is 5.32 Å². The van der Waals surface area contributed by atoms with E-state index in [-0.39, 0.29) is 17.3 Å². The molecule has 0 saturated heterocycles. The minimum atomic E-state index is -1.14. The molecule has 0 spiro atoms. The van der Waals surface area contributed by atoms with Crippen LogP contribution >= 0.6 is 11.6 Å². The number of carboxylic acids is 1. The van der Waals surface area contributed by atoms with Gasteiger partial charge >= 0.3 is 12.0 Å². The fourth-order valence-electron chi connectivity index (χ4n) is 1.96. The van der Waals surface area contributed by atoms with E-state index < -0.39 is 12.0 Å². The minimum absolute atomic E-state index is 0.0312. The summed E-state index contributed by atoms with van der Waals surface area (Å²) in [5.74, 6) is -1.14. The summed E-state index contributed by atoms with van der Waals surface area (Å²) in [6, 6.07) is 3.95. The molecular weight excluding hydrogens is 292 g/mol. The third-order valence-corrected chi connectivity index (χ3v) is 3.31. The summed E-state index contributed by atoms with van der Waals surface area (Å²) in [7, 11) is 0. The maximum atomic E-state index is 11.9. The van der Waals surface area contributed by atoms with Crippen molar-refractivity contribution >= 4 is 29.3 Å². The highest BCUT2D eigenvalue weighted by atomic mass is 35.5. The van der Waals surface area contributed by atoms with E-state index >= 15 is 0 Å². The van der Waals surface area contributed by atoms with E-state index in [1.165, 1.54) is 18.2 Å². The first-order valence-corrected chi connectivity index (χ1v) is 7.42. The van der Waals surface area contributed by atoms with Crippen LogP contribution in [0.5, 0.6) is 0 Å². The third-order valence-electron chi connectivity index (χ3n) is 3.08. The number of urea groups is 1. The summed E-state index contributed by atoms with van der Waals surface area (Å²) in [5, 5.41) is 14.8. The van der Waals surface area contributed by atoms with E-state index in [2.05, 4.69) is 17.6 Å². The van der Waals surface area contributed by atoms with Crippen molar-refractivity contribution in [2.45, 2.75) is 45.6 Å². The number of unbranched alkanes of at least 4 members (excludes halogenated alkanes) is 2. The molecule has 6 heteroatoms. The number of halogens is 1. The molecule has 0 aromatic heterocycles. The first-order chi connectivity index (χ1) is 9.93. The number of hydrogen-bond donors (Lipinski definition) is 3. The van der Waals surface area contributed by atoms with Gasteiger partial charge in [-0.25, -0.2) is 9.59 Å². The molecule has 0 radical (unpaired) electrons. The van der Waals surface area contributed by atoms with E-state index in [0.717, 1.165) is 25.7 Å². The number of nitrogens with one attached hydrogen (secondary N) is 2. The summed E-state index contributed by atoms with van der Waals surface area (Å²) in [5.41, 5.74) is 0.196. The van der Waals surface area contributed by atoms with Gasteiger partial charge in [-0.2, -0.15) is 0 Å². The minimum Gasteiger partial charge on any atom is -0.478 e. The average molecular weight is 313 g/mol. The van der Waals surface area contributed by atoms with Gasteiger partial charge < -0.3 is 15.7 Å². The van der Waals surface area contributed by atoms with Crippen LogP contribution in [0.15, 0.2) is 18.2 Å². The lowest BCUT2D eigenvalue weighted by Crippen LogP contribution is -2.36. The van der Waals surface area contributed by atoms with Gasteiger partial charge in [-0.05, 0) is 31.5 Å². The molecule has 1 aromatic rings. The van der Waals surface area contributed by atoms with Crippen LogP contribution in [0.2, 0.25) is 5.02 Å². The lowest BCUT2D eigenvalue weighted by molar-refractivity contribution is 0.0698. The molecule has 3 N–H and O–H groups in total. The predicted molar refractivity (Wildman–Crippen MR) is 84.2 cm³/mol. The standard InChI is InChI=1S/C15H21ClN2O3/c1-3-4-5-6-10(2)17-15(21)18-13-8-7-11(16)9-12(13)14(19)20/h7-10H,3-6H2,1-2H3,(H,19,20)(H2,17,18,21). The molecule has 1 rings (SSSR count). The fraction of sp³-hybridized carbons (Fsp3) is 0.467. The van der Waals surface area contributed by atoms with E-state index in [1.807, 2.05) is 6.92 Å². The Morgan fingerprint density at radius 1 is 1.33 bits per heavy atom. The van der Waals surface area contributed by atoms with Crippen LogP contribution in [0, 0.1) is 0 Å². The van der Waals surface area contributed by atoms with Gasteiger partial charge in [-0.15, -0.1) is 0 Å². The largest absolute Gasteiger partial charge is 0.478 e. The van der Waals surface area contributed by atoms with Crippen molar-refractivity contribution in [3.63, 3.8) is 0 Å². The number of anilines is 1. The van der Waals surface area contributed by atoms with Crippen LogP contribution in [0.4, 0.5) is 10.5 Å². The van der Waals surface area contributed by atoms with Crippen molar-refractivity contribution < 1.29 is 14.7 Å². The molecule has 5 nitrogen and oxygen atoms in total. The highest BCUT2D eigenvalue weighted by Crippen LogP contribution is 2.20. The Hall–Kier alpha value is -1.75. The smallest absolute Gasteiger partial charge is 0.337 e. The molecule has 0 aliphatic carbocycles. The first kappa shape index (κ1) is 17.3. The molecule has 0 heterocycles. The monoisotopic (exact) mass is 312 g/mol. The number of aromatic carboxylic acids is 1. The van der Waals surface area contributed by atoms with Crippen molar-refractivity contribution in [3.05, 3.63) is 28.8 Å². The Kier molecular flexibility index (Phi) is 7.02. The van der Waals surface area contributed by atoms with Gasteiger partial charge in [-0.3, -0.25) is 0 Å². The summed E-state index contributed by atoms with van der Waals surface area (Å²) >= 11 is 5.76. The molecule has 0 aliphatic heterocycles. The van der Waals surface area contributed by atoms with Crippen LogP contribution in [0.3, 0.4) is 0 Å². The van der Waals surface area contributed by atoms with Gasteiger partial charge in [0.05, 0.1) is 11.3 Å². The lowest BCUT2D eigenvalue weighted by atomic mass is 10.1. The Morgan fingerprint density at radius 2 is 2.05 bits per heavy atom. The predicted octanol–water partition coefficient (Wildman–Crippen LogP) is 4.13. The molecule has 0 bridgehead atoms. The topological polar surface area (TPSA) is 78.4 Å². The number of amides is 2. The number of hydrogen-bond acceptors (Lipinski definition) is 2. The third kappa shape index (κ3) is 6.04. The Labute approximate surface area is 129 Å². The molecule has 1 aromatic carbocycles. The van der Waals surface area contributed by atoms with Crippen LogP contribution in [-0.4, -0.2) is 23.1 Å². The van der Waals surface area contributed by atoms with Crippen LogP contribution in [0.25, 0.3) is 0 Å². The molecule has 1 unspecified atom stereocenters. The maximum Gasteiger partial charge on any atom is 0.337 e. The Bertz CT molecular complexity index is 506. The average Bonchev–Trinajstić information content (AvgIpc) is 2.40. The normalized spacial score (nSPS) is 11.8. The first-order valence-electron chi connectivity index (χ1n) is 7.04. The van der Waals surface area contributed by atoms with Crippen molar-refractivity contribution in [3.8, 4) is 0 Å². The van der Waals surface area contributed by atoms with E-state index in [9.17, 15) is 9.59 Å². The van der Waals surface area contributed by atoms with E-state index in [4.69, 9.17) is 16.7 Å². The Morgan fingerprint density at radius 3 is 2.67 bits per heavy atom. The fourth-order valence-corrected chi connectivity index (χ4v) is 2.13. The van der Waals surface area contributed by atoms with Crippen molar-refractivity contribution in [2.75, 3.05) is 5.32 Å².